The zero-order valence-corrected chi connectivity index (χ0v) is 10.5. The van der Waals surface area contributed by atoms with Gasteiger partial charge >= 0.3 is 5.97 Å². The van der Waals surface area contributed by atoms with E-state index in [2.05, 4.69) is 10.3 Å². The molecule has 0 saturated heterocycles. The fourth-order valence-electron chi connectivity index (χ4n) is 1.52. The van der Waals surface area contributed by atoms with Gasteiger partial charge in [0.25, 0.3) is 0 Å². The number of aliphatic carboxylic acids is 1. The second kappa shape index (κ2) is 5.75. The van der Waals surface area contributed by atoms with E-state index >= 15 is 0 Å². The fraction of sp³-hybridized carbons (Fsp3) is 0.500. The number of nitrogens with zero attached hydrogens (tertiary/aromatic N) is 2. The first-order valence-corrected chi connectivity index (χ1v) is 5.50. The van der Waals surface area contributed by atoms with Crippen molar-refractivity contribution in [2.45, 2.75) is 12.5 Å². The van der Waals surface area contributed by atoms with Crippen LogP contribution >= 0.6 is 0 Å². The summed E-state index contributed by atoms with van der Waals surface area (Å²) in [4.78, 5) is 17.3. The second-order valence-corrected chi connectivity index (χ2v) is 4.40. The number of rotatable bonds is 6. The van der Waals surface area contributed by atoms with Crippen LogP contribution in [0.2, 0.25) is 0 Å². The Morgan fingerprint density at radius 1 is 1.47 bits per heavy atom. The van der Waals surface area contributed by atoms with Gasteiger partial charge in [-0.3, -0.25) is 10.3 Å². The van der Waals surface area contributed by atoms with Gasteiger partial charge in [-0.1, -0.05) is 0 Å². The van der Waals surface area contributed by atoms with Crippen LogP contribution < -0.4 is 5.32 Å². The van der Waals surface area contributed by atoms with Crippen molar-refractivity contribution in [3.63, 3.8) is 0 Å². The molecular formula is C12H19N3O2. The molecule has 1 aromatic heterocycles. The molecule has 17 heavy (non-hydrogen) atoms. The van der Waals surface area contributed by atoms with Crippen LogP contribution in [0, 0.1) is 0 Å². The quantitative estimate of drug-likeness (QED) is 0.755. The molecule has 0 saturated carbocycles. The van der Waals surface area contributed by atoms with Crippen molar-refractivity contribution >= 4 is 5.97 Å². The lowest BCUT2D eigenvalue weighted by Crippen LogP contribution is -2.48. The summed E-state index contributed by atoms with van der Waals surface area (Å²) < 4.78 is 0. The molecule has 2 N–H and O–H groups in total. The molecule has 0 aliphatic carbocycles. The van der Waals surface area contributed by atoms with Crippen LogP contribution in [0.15, 0.2) is 24.5 Å². The van der Waals surface area contributed by atoms with Crippen LogP contribution in [-0.4, -0.2) is 48.1 Å². The summed E-state index contributed by atoms with van der Waals surface area (Å²) in [6.07, 6.45) is 3.20. The fourth-order valence-corrected chi connectivity index (χ4v) is 1.52. The van der Waals surface area contributed by atoms with E-state index in [4.69, 9.17) is 0 Å². The molecule has 1 aromatic rings. The van der Waals surface area contributed by atoms with Crippen LogP contribution in [0.1, 0.15) is 12.5 Å². The third-order valence-electron chi connectivity index (χ3n) is 2.72. The minimum absolute atomic E-state index is 0.609. The summed E-state index contributed by atoms with van der Waals surface area (Å²) in [5, 5.41) is 12.4. The summed E-state index contributed by atoms with van der Waals surface area (Å²) in [6, 6.07) is 3.44. The molecule has 94 valence electrons. The highest BCUT2D eigenvalue weighted by Crippen LogP contribution is 2.19. The highest BCUT2D eigenvalue weighted by molar-refractivity contribution is 5.80. The molecule has 1 rings (SSSR count). The Balaban J connectivity index is 2.80. The number of hydrogen-bond donors (Lipinski definition) is 2. The molecule has 0 spiro atoms. The number of nitrogens with one attached hydrogen (secondary N) is 1. The van der Waals surface area contributed by atoms with Crippen LogP contribution in [0.5, 0.6) is 0 Å². The average Bonchev–Trinajstić information content (AvgIpc) is 2.29. The standard InChI is InChI=1S/C12H19N3O2/c1-12(11(16)17,14-8-9-15(2)3)10-4-6-13-7-5-10/h4-7,14H,8-9H2,1-3H3,(H,16,17). The van der Waals surface area contributed by atoms with Gasteiger partial charge in [0.2, 0.25) is 0 Å². The summed E-state index contributed by atoms with van der Waals surface area (Å²) in [5.74, 6) is -0.887. The number of hydrogen-bond acceptors (Lipinski definition) is 4. The molecule has 0 radical (unpaired) electrons. The average molecular weight is 237 g/mol. The summed E-state index contributed by atoms with van der Waals surface area (Å²) >= 11 is 0. The molecule has 0 aromatic carbocycles. The highest BCUT2D eigenvalue weighted by atomic mass is 16.4. The van der Waals surface area contributed by atoms with E-state index in [0.29, 0.717) is 12.1 Å². The molecule has 1 heterocycles. The van der Waals surface area contributed by atoms with Crippen LogP contribution in [0.4, 0.5) is 0 Å². The maximum Gasteiger partial charge on any atom is 0.328 e. The number of carboxylic acids is 1. The van der Waals surface area contributed by atoms with E-state index in [1.54, 1.807) is 31.5 Å². The molecule has 5 heteroatoms. The molecule has 5 nitrogen and oxygen atoms in total. The van der Waals surface area contributed by atoms with Gasteiger partial charge in [0, 0.05) is 25.5 Å². The van der Waals surface area contributed by atoms with E-state index in [0.717, 1.165) is 6.54 Å². The number of aromatic nitrogens is 1. The van der Waals surface area contributed by atoms with Gasteiger partial charge in [0.1, 0.15) is 5.54 Å². The smallest absolute Gasteiger partial charge is 0.328 e. The Bertz CT molecular complexity index is 367. The maximum atomic E-state index is 11.4. The lowest BCUT2D eigenvalue weighted by atomic mass is 9.93. The van der Waals surface area contributed by atoms with Crippen molar-refractivity contribution in [3.05, 3.63) is 30.1 Å². The van der Waals surface area contributed by atoms with Gasteiger partial charge in [-0.25, -0.2) is 4.79 Å². The highest BCUT2D eigenvalue weighted by Gasteiger charge is 2.34. The lowest BCUT2D eigenvalue weighted by molar-refractivity contribution is -0.144. The topological polar surface area (TPSA) is 65.5 Å². The Kier molecular flexibility index (Phi) is 4.60. The second-order valence-electron chi connectivity index (χ2n) is 4.40. The molecule has 1 atom stereocenters. The van der Waals surface area contributed by atoms with E-state index in [1.165, 1.54) is 0 Å². The van der Waals surface area contributed by atoms with E-state index in [9.17, 15) is 9.90 Å². The van der Waals surface area contributed by atoms with Crippen LogP contribution in [-0.2, 0) is 10.3 Å². The predicted octanol–water partition coefficient (Wildman–Crippen LogP) is 0.533. The first-order chi connectivity index (χ1) is 7.97. The van der Waals surface area contributed by atoms with E-state index in [-0.39, 0.29) is 0 Å². The van der Waals surface area contributed by atoms with Gasteiger partial charge < -0.3 is 10.0 Å². The van der Waals surface area contributed by atoms with Gasteiger partial charge in [-0.05, 0) is 38.7 Å². The summed E-state index contributed by atoms with van der Waals surface area (Å²) in [5.41, 5.74) is -0.363. The Morgan fingerprint density at radius 2 is 2.06 bits per heavy atom. The molecule has 0 aliphatic heterocycles. The first-order valence-electron chi connectivity index (χ1n) is 5.50. The predicted molar refractivity (Wildman–Crippen MR) is 65.8 cm³/mol. The van der Waals surface area contributed by atoms with Crippen molar-refractivity contribution in [2.24, 2.45) is 0 Å². The van der Waals surface area contributed by atoms with Crippen molar-refractivity contribution in [2.75, 3.05) is 27.2 Å². The maximum absolute atomic E-state index is 11.4. The third-order valence-corrected chi connectivity index (χ3v) is 2.72. The van der Waals surface area contributed by atoms with Gasteiger partial charge in [0.05, 0.1) is 0 Å². The molecule has 0 amide bonds. The van der Waals surface area contributed by atoms with E-state index in [1.807, 2.05) is 19.0 Å². The lowest BCUT2D eigenvalue weighted by Gasteiger charge is -2.27. The molecule has 0 bridgehead atoms. The van der Waals surface area contributed by atoms with Crippen molar-refractivity contribution in [1.29, 1.82) is 0 Å². The number of carboxylic acid groups (broad SMARTS) is 1. The molecular weight excluding hydrogens is 218 g/mol. The summed E-state index contributed by atoms with van der Waals surface area (Å²) in [6.45, 7) is 3.06. The zero-order valence-electron chi connectivity index (χ0n) is 10.5. The molecule has 1 unspecified atom stereocenters. The largest absolute Gasteiger partial charge is 0.480 e. The monoisotopic (exact) mass is 237 g/mol. The van der Waals surface area contributed by atoms with Crippen molar-refractivity contribution in [1.82, 2.24) is 15.2 Å². The van der Waals surface area contributed by atoms with E-state index < -0.39 is 11.5 Å². The Labute approximate surface area is 101 Å². The van der Waals surface area contributed by atoms with Crippen molar-refractivity contribution in [3.8, 4) is 0 Å². The number of likely N-dealkylation sites (N-methyl/N-ethyl adjacent to an activating group) is 1. The van der Waals surface area contributed by atoms with Gasteiger partial charge in [-0.15, -0.1) is 0 Å². The Morgan fingerprint density at radius 3 is 2.53 bits per heavy atom. The van der Waals surface area contributed by atoms with Gasteiger partial charge in [0.15, 0.2) is 0 Å². The Hall–Kier alpha value is -1.46. The van der Waals surface area contributed by atoms with Crippen LogP contribution in [0.25, 0.3) is 0 Å². The van der Waals surface area contributed by atoms with Crippen LogP contribution in [0.3, 0.4) is 0 Å². The third kappa shape index (κ3) is 3.51. The minimum Gasteiger partial charge on any atom is -0.480 e. The van der Waals surface area contributed by atoms with Crippen molar-refractivity contribution < 1.29 is 9.90 Å². The number of pyridine rings is 1. The summed E-state index contributed by atoms with van der Waals surface area (Å²) in [7, 11) is 3.90. The molecule has 0 aliphatic rings. The van der Waals surface area contributed by atoms with Gasteiger partial charge in [-0.2, -0.15) is 0 Å². The normalized spacial score (nSPS) is 14.6. The minimum atomic E-state index is -1.07. The first kappa shape index (κ1) is 13.6. The SMILES string of the molecule is CN(C)CCNC(C)(C(=O)O)c1ccncc1. The zero-order chi connectivity index (χ0) is 12.9. The number of carbonyl (C=O) groups is 1. The molecule has 0 fully saturated rings.